The van der Waals surface area contributed by atoms with Gasteiger partial charge in [-0.2, -0.15) is 0 Å². The SMILES string of the molecule is CC(C)CNC(=O)C(Cc1ccccc1)N(Cc1ccc(Cl)c(Cl)c1)C(=O)CN(c1cccc(Br)c1)S(=O)(=O)c1ccccc1. The molecule has 0 saturated carbocycles. The van der Waals surface area contributed by atoms with Crippen LogP contribution in [0.5, 0.6) is 0 Å². The number of benzene rings is 4. The Labute approximate surface area is 283 Å². The first-order valence-electron chi connectivity index (χ1n) is 14.3. The fraction of sp³-hybridized carbons (Fsp3) is 0.235. The monoisotopic (exact) mass is 729 g/mol. The van der Waals surface area contributed by atoms with Crippen molar-refractivity contribution in [3.63, 3.8) is 0 Å². The van der Waals surface area contributed by atoms with Crippen LogP contribution in [0, 0.1) is 5.92 Å². The summed E-state index contributed by atoms with van der Waals surface area (Å²) in [7, 11) is -4.19. The second-order valence-electron chi connectivity index (χ2n) is 10.9. The van der Waals surface area contributed by atoms with Gasteiger partial charge in [-0.15, -0.1) is 0 Å². The van der Waals surface area contributed by atoms with Gasteiger partial charge in [0.15, 0.2) is 0 Å². The maximum absolute atomic E-state index is 14.5. The van der Waals surface area contributed by atoms with Crippen LogP contribution in [0.2, 0.25) is 10.0 Å². The lowest BCUT2D eigenvalue weighted by Crippen LogP contribution is -2.53. The molecule has 1 atom stereocenters. The quantitative estimate of drug-likeness (QED) is 0.156. The summed E-state index contributed by atoms with van der Waals surface area (Å²) in [6.45, 7) is 3.80. The summed E-state index contributed by atoms with van der Waals surface area (Å²) in [5.74, 6) is -0.740. The lowest BCUT2D eigenvalue weighted by atomic mass is 10.0. The Hall–Kier alpha value is -3.37. The van der Waals surface area contributed by atoms with Gasteiger partial charge < -0.3 is 10.2 Å². The average molecular weight is 732 g/mol. The predicted octanol–water partition coefficient (Wildman–Crippen LogP) is 7.36. The Morgan fingerprint density at radius 3 is 2.11 bits per heavy atom. The van der Waals surface area contributed by atoms with E-state index in [0.717, 1.165) is 9.87 Å². The summed E-state index contributed by atoms with van der Waals surface area (Å²) in [5, 5.41) is 3.62. The summed E-state index contributed by atoms with van der Waals surface area (Å²) in [4.78, 5) is 29.8. The summed E-state index contributed by atoms with van der Waals surface area (Å²) < 4.78 is 29.8. The standard InChI is InChI=1S/C34H34BrCl2N3O4S/c1-24(2)21-38-34(42)32(19-25-10-5-3-6-11-25)39(22-26-16-17-30(36)31(37)18-26)33(41)23-40(28-13-9-12-27(35)20-28)45(43,44)29-14-7-4-8-15-29/h3-18,20,24,32H,19,21-23H2,1-2H3,(H,38,42). The minimum Gasteiger partial charge on any atom is -0.354 e. The molecule has 236 valence electrons. The lowest BCUT2D eigenvalue weighted by molar-refractivity contribution is -0.140. The van der Waals surface area contributed by atoms with Crippen molar-refractivity contribution >= 4 is 66.7 Å². The number of hydrogen-bond acceptors (Lipinski definition) is 4. The number of carbonyl (C=O) groups excluding carboxylic acids is 2. The molecule has 45 heavy (non-hydrogen) atoms. The molecular weight excluding hydrogens is 697 g/mol. The van der Waals surface area contributed by atoms with E-state index in [1.54, 1.807) is 60.7 Å². The van der Waals surface area contributed by atoms with Crippen LogP contribution in [0.4, 0.5) is 5.69 Å². The third-order valence-electron chi connectivity index (χ3n) is 7.00. The van der Waals surface area contributed by atoms with Crippen LogP contribution in [0.25, 0.3) is 0 Å². The zero-order valence-electron chi connectivity index (χ0n) is 24.9. The molecule has 0 aliphatic carbocycles. The second kappa shape index (κ2) is 15.8. The first-order valence-corrected chi connectivity index (χ1v) is 17.3. The molecule has 0 radical (unpaired) electrons. The van der Waals surface area contributed by atoms with Gasteiger partial charge in [-0.3, -0.25) is 13.9 Å². The van der Waals surface area contributed by atoms with E-state index in [2.05, 4.69) is 21.2 Å². The van der Waals surface area contributed by atoms with Crippen LogP contribution in [0.3, 0.4) is 0 Å². The molecule has 11 heteroatoms. The van der Waals surface area contributed by atoms with Gasteiger partial charge in [-0.1, -0.05) is 114 Å². The molecule has 0 fully saturated rings. The third kappa shape index (κ3) is 9.33. The van der Waals surface area contributed by atoms with Crippen LogP contribution in [0.1, 0.15) is 25.0 Å². The average Bonchev–Trinajstić information content (AvgIpc) is 3.02. The molecule has 0 aliphatic rings. The molecule has 7 nitrogen and oxygen atoms in total. The van der Waals surface area contributed by atoms with Gasteiger partial charge in [0.2, 0.25) is 11.8 Å². The van der Waals surface area contributed by atoms with Crippen LogP contribution in [-0.4, -0.2) is 44.3 Å². The van der Waals surface area contributed by atoms with Gasteiger partial charge in [0.1, 0.15) is 12.6 Å². The zero-order valence-corrected chi connectivity index (χ0v) is 28.8. The van der Waals surface area contributed by atoms with Crippen LogP contribution in [-0.2, 0) is 32.6 Å². The fourth-order valence-corrected chi connectivity index (χ4v) is 6.83. The first-order chi connectivity index (χ1) is 21.5. The Kier molecular flexibility index (Phi) is 12.1. The molecule has 0 aliphatic heterocycles. The topological polar surface area (TPSA) is 86.8 Å². The number of sulfonamides is 1. The molecular formula is C34H34BrCl2N3O4S. The summed E-state index contributed by atoms with van der Waals surface area (Å²) in [5.41, 5.74) is 1.77. The van der Waals surface area contributed by atoms with Crippen LogP contribution in [0.15, 0.2) is 112 Å². The maximum Gasteiger partial charge on any atom is 0.264 e. The summed E-state index contributed by atoms with van der Waals surface area (Å²) in [6.07, 6.45) is 0.208. The summed E-state index contributed by atoms with van der Waals surface area (Å²) in [6, 6.07) is 28.1. The molecule has 0 spiro atoms. The number of rotatable bonds is 13. The number of anilines is 1. The van der Waals surface area contributed by atoms with E-state index < -0.39 is 28.5 Å². The first kappa shape index (κ1) is 34.5. The highest BCUT2D eigenvalue weighted by Crippen LogP contribution is 2.28. The van der Waals surface area contributed by atoms with E-state index in [-0.39, 0.29) is 29.7 Å². The molecule has 0 aromatic heterocycles. The van der Waals surface area contributed by atoms with E-state index in [1.807, 2.05) is 44.2 Å². The highest BCUT2D eigenvalue weighted by atomic mass is 79.9. The van der Waals surface area contributed by atoms with Crippen molar-refractivity contribution in [2.75, 3.05) is 17.4 Å². The minimum absolute atomic E-state index is 0.0139. The van der Waals surface area contributed by atoms with Gasteiger partial charge in [-0.25, -0.2) is 8.42 Å². The van der Waals surface area contributed by atoms with E-state index in [9.17, 15) is 18.0 Å². The van der Waals surface area contributed by atoms with Gasteiger partial charge in [-0.05, 0) is 59.5 Å². The number of nitrogens with zero attached hydrogens (tertiary/aromatic N) is 2. The van der Waals surface area contributed by atoms with Gasteiger partial charge in [0, 0.05) is 24.0 Å². The molecule has 1 unspecified atom stereocenters. The molecule has 4 aromatic carbocycles. The fourth-order valence-electron chi connectivity index (χ4n) is 4.69. The van der Waals surface area contributed by atoms with Crippen molar-refractivity contribution < 1.29 is 18.0 Å². The minimum atomic E-state index is -4.19. The van der Waals surface area contributed by atoms with Crippen molar-refractivity contribution in [2.24, 2.45) is 5.92 Å². The van der Waals surface area contributed by atoms with Crippen molar-refractivity contribution in [2.45, 2.75) is 37.8 Å². The number of carbonyl (C=O) groups is 2. The molecule has 0 heterocycles. The van der Waals surface area contributed by atoms with Gasteiger partial charge in [0.05, 0.1) is 20.6 Å². The van der Waals surface area contributed by atoms with Crippen LogP contribution < -0.4 is 9.62 Å². The van der Waals surface area contributed by atoms with E-state index in [0.29, 0.717) is 32.3 Å². The number of amides is 2. The third-order valence-corrected chi connectivity index (χ3v) is 10.0. The molecule has 1 N–H and O–H groups in total. The summed E-state index contributed by atoms with van der Waals surface area (Å²) >= 11 is 15.9. The lowest BCUT2D eigenvalue weighted by Gasteiger charge is -2.34. The van der Waals surface area contributed by atoms with Crippen molar-refractivity contribution in [1.82, 2.24) is 10.2 Å². The largest absolute Gasteiger partial charge is 0.354 e. The van der Waals surface area contributed by atoms with Crippen molar-refractivity contribution in [1.29, 1.82) is 0 Å². The maximum atomic E-state index is 14.5. The normalized spacial score (nSPS) is 12.0. The molecule has 2 amide bonds. The molecule has 4 aromatic rings. The number of halogens is 3. The highest BCUT2D eigenvalue weighted by Gasteiger charge is 2.34. The van der Waals surface area contributed by atoms with Gasteiger partial charge in [0.25, 0.3) is 10.0 Å². The molecule has 0 saturated heterocycles. The molecule has 0 bridgehead atoms. The zero-order chi connectivity index (χ0) is 32.6. The Morgan fingerprint density at radius 1 is 0.822 bits per heavy atom. The second-order valence-corrected chi connectivity index (χ2v) is 14.5. The smallest absolute Gasteiger partial charge is 0.264 e. The van der Waals surface area contributed by atoms with E-state index >= 15 is 0 Å². The number of nitrogens with one attached hydrogen (secondary N) is 1. The van der Waals surface area contributed by atoms with Crippen molar-refractivity contribution in [3.8, 4) is 0 Å². The van der Waals surface area contributed by atoms with E-state index in [1.165, 1.54) is 17.0 Å². The Morgan fingerprint density at radius 2 is 1.49 bits per heavy atom. The Balaban J connectivity index is 1.81. The van der Waals surface area contributed by atoms with Crippen LogP contribution >= 0.6 is 39.1 Å². The van der Waals surface area contributed by atoms with Crippen molar-refractivity contribution in [3.05, 3.63) is 129 Å². The van der Waals surface area contributed by atoms with E-state index in [4.69, 9.17) is 23.2 Å². The van der Waals surface area contributed by atoms with Gasteiger partial charge >= 0.3 is 0 Å². The molecule has 4 rings (SSSR count). The number of hydrogen-bond donors (Lipinski definition) is 1. The predicted molar refractivity (Wildman–Crippen MR) is 184 cm³/mol. The Bertz CT molecular complexity index is 1720. The highest BCUT2D eigenvalue weighted by molar-refractivity contribution is 9.10.